The maximum Gasteiger partial charge on any atom is 0.355 e. The van der Waals surface area contributed by atoms with Gasteiger partial charge in [-0.3, -0.25) is 48.1 Å². The van der Waals surface area contributed by atoms with Gasteiger partial charge in [-0.2, -0.15) is 11.8 Å². The molecule has 6 N–H and O–H groups in total. The summed E-state index contributed by atoms with van der Waals surface area (Å²) in [7, 11) is 0. The minimum atomic E-state index is -1.84. The standard InChI is InChI=1S/C31H37N3O6S.C28H29N3O7.C28H29N3O6.CH4/c1-5-18-20-14-17(35)8-10-23(20)33-28-21(18)16-34-25(28)15-22-19(29(34)38)9-11-26(36)31(22,7-3)40-30(39)24(12-13-41-4)32-27(37)6-2;1-5-16-17-10-15(32)8-9-21(17)30-24-18(16)12-31-22(24)11-20-19(25(31)34)13-37-27(36)28(20,7-3)38-26(35)14(4)29-23(33)6-2;1-4-16-18-11-15(32)7-9-21(18)30-26-19(16)14-31-22(26)12-20-17(27(31)36)8-10-23(33)28(20,6-3)37-25(35)13-29-24(34)5-2;/h8,10,14-15,21,24,28,35H,5-7,9,11-13,16H2,1-4H3,(H,32,37);8-11,14,32H,5-7,12-13H2,1-4H3,(H,29,33);7,9,11-12,32H,4-6,8,10,13-14H2,1-3H3,(H,29,34);1H4/t21?,24?,28?,31-;14-,28-;28-;/m000./s1. The molecule has 29 heteroatoms. The lowest BCUT2D eigenvalue weighted by Crippen LogP contribution is -2.50. The third-order valence-electron chi connectivity index (χ3n) is 23.7. The number of aryl methyl sites for hydroxylation is 2. The molecule has 7 aliphatic rings. The Labute approximate surface area is 678 Å². The van der Waals surface area contributed by atoms with Crippen LogP contribution in [0.3, 0.4) is 0 Å². The number of nitrogens with one attached hydrogen (secondary N) is 3. The number of hydrogen-bond donors (Lipinski definition) is 6. The smallest absolute Gasteiger partial charge is 0.355 e. The van der Waals surface area contributed by atoms with Crippen LogP contribution in [0.1, 0.15) is 208 Å². The number of cyclic esters (lactones) is 1. The van der Waals surface area contributed by atoms with E-state index in [9.17, 15) is 72.9 Å². The molecule has 0 radical (unpaired) electrons. The van der Waals surface area contributed by atoms with Gasteiger partial charge in [0.05, 0.1) is 63.9 Å². The van der Waals surface area contributed by atoms with Gasteiger partial charge in [-0.05, 0) is 161 Å². The second-order valence-corrected chi connectivity index (χ2v) is 31.0. The highest BCUT2D eigenvalue weighted by molar-refractivity contribution is 7.98. The molecule has 3 aromatic carbocycles. The number of phenols is 3. The number of Topliss-reactive ketones (excluding diaryl/α,β-unsaturated/α-hetero) is 2. The van der Waals surface area contributed by atoms with Crippen LogP contribution < -0.4 is 43.2 Å². The van der Waals surface area contributed by atoms with Gasteiger partial charge in [0.1, 0.15) is 42.5 Å². The van der Waals surface area contributed by atoms with Crippen molar-refractivity contribution in [3.05, 3.63) is 176 Å². The number of carbonyl (C=O) groups excluding carboxylic acids is 9. The predicted molar refractivity (Wildman–Crippen MR) is 436 cm³/mol. The summed E-state index contributed by atoms with van der Waals surface area (Å²) in [5, 5.41) is 41.3. The highest BCUT2D eigenvalue weighted by atomic mass is 32.2. The van der Waals surface area contributed by atoms with E-state index in [0.29, 0.717) is 99.9 Å². The SMILES string of the molecule is C.CCC(=O)NC(CCSC)C(=O)O[C@]1(CC)C(=O)CCc2c1cc1n(c2=O)CC2C(CC)=c3cc(O)ccc3=NC12.CCC(=O)NCC(=O)O[C@]1(CC)C(=O)CCc2c1cc1n(c2=O)Cc2c-1nc1ccc(O)cc1c2CC.CCC(=O)N[C@@H](C)C(=O)O[C@]1(CC)C(=O)OCc2c1cc1n(c2=O)Cc2c-1nc1ccc(O)cc1c2CC. The van der Waals surface area contributed by atoms with E-state index >= 15 is 0 Å². The Bertz CT molecular complexity index is 5830. The number of nitrogens with zero attached hydrogens (tertiary/aromatic N) is 6. The van der Waals surface area contributed by atoms with Crippen LogP contribution in [0.5, 0.6) is 17.2 Å². The molecule has 8 aromatic rings. The first-order valence-electron chi connectivity index (χ1n) is 39.8. The van der Waals surface area contributed by atoms with E-state index in [1.165, 1.54) is 6.92 Å². The number of pyridine rings is 5. The summed E-state index contributed by atoms with van der Waals surface area (Å²) in [4.78, 5) is 171. The lowest BCUT2D eigenvalue weighted by atomic mass is 9.76. The second kappa shape index (κ2) is 33.9. The highest BCUT2D eigenvalue weighted by Crippen LogP contribution is 2.48. The molecule has 0 saturated carbocycles. The monoisotopic (exact) mass is 1620 g/mol. The number of benzene rings is 3. The number of fused-ring (bicyclic) bond motifs is 15. The fraction of sp³-hybridized carbons (Fsp3) is 0.443. The van der Waals surface area contributed by atoms with Crippen LogP contribution in [0.25, 0.3) is 50.2 Å². The minimum absolute atomic E-state index is 0. The van der Waals surface area contributed by atoms with Crippen LogP contribution in [-0.2, 0) is 131 Å². The molecule has 5 aliphatic heterocycles. The van der Waals surface area contributed by atoms with Crippen molar-refractivity contribution in [2.75, 3.05) is 18.6 Å². The van der Waals surface area contributed by atoms with Gasteiger partial charge < -0.3 is 63.9 Å². The van der Waals surface area contributed by atoms with E-state index in [1.807, 2.05) is 26.2 Å². The number of thioether (sulfide) groups is 1. The van der Waals surface area contributed by atoms with Crippen LogP contribution in [-0.4, -0.2) is 123 Å². The molecular weight excluding hydrogens is 1520 g/mol. The molecule has 10 heterocycles. The number of amides is 3. The van der Waals surface area contributed by atoms with Gasteiger partial charge in [-0.15, -0.1) is 0 Å². The fourth-order valence-corrected chi connectivity index (χ4v) is 18.1. The molecule has 0 fully saturated rings. The second-order valence-electron chi connectivity index (χ2n) is 30.0. The lowest BCUT2D eigenvalue weighted by Gasteiger charge is -2.37. The Hall–Kier alpha value is -11.6. The third kappa shape index (κ3) is 14.9. The molecule has 616 valence electrons. The molecular formula is C88H99N9O19S. The Balaban J connectivity index is 0.000000161. The number of rotatable bonds is 21. The quantitative estimate of drug-likeness (QED) is 0.0289. The van der Waals surface area contributed by atoms with Crippen molar-refractivity contribution in [3.63, 3.8) is 0 Å². The zero-order chi connectivity index (χ0) is 83.3. The van der Waals surface area contributed by atoms with E-state index in [-0.39, 0.29) is 178 Å². The molecule has 0 spiro atoms. The Morgan fingerprint density at radius 3 is 1.60 bits per heavy atom. The Kier molecular flexibility index (Phi) is 24.6. The summed E-state index contributed by atoms with van der Waals surface area (Å²) in [6.07, 6.45) is 6.07. The van der Waals surface area contributed by atoms with Crippen LogP contribution in [0.2, 0.25) is 0 Å². The van der Waals surface area contributed by atoms with Crippen molar-refractivity contribution in [2.45, 2.75) is 228 Å². The largest absolute Gasteiger partial charge is 0.508 e. The first-order chi connectivity index (χ1) is 55.6. The van der Waals surface area contributed by atoms with Crippen LogP contribution in [0.15, 0.2) is 92.2 Å². The molecule has 117 heavy (non-hydrogen) atoms. The van der Waals surface area contributed by atoms with Crippen LogP contribution in [0, 0.1) is 5.92 Å². The van der Waals surface area contributed by atoms with Crippen molar-refractivity contribution < 1.29 is 77.4 Å². The number of hydrogen-bond acceptors (Lipinski definition) is 23. The number of aromatic nitrogens is 5. The number of carbonyl (C=O) groups is 9. The highest BCUT2D eigenvalue weighted by Gasteiger charge is 2.54. The molecule has 15 rings (SSSR count). The topological polar surface area (TPSA) is 391 Å². The van der Waals surface area contributed by atoms with Crippen molar-refractivity contribution in [1.82, 2.24) is 39.6 Å². The fourth-order valence-electron chi connectivity index (χ4n) is 17.6. The van der Waals surface area contributed by atoms with Gasteiger partial charge in [0.15, 0.2) is 22.8 Å². The molecule has 3 unspecified atom stereocenters. The van der Waals surface area contributed by atoms with E-state index in [1.54, 1.807) is 134 Å². The number of ketones is 2. The van der Waals surface area contributed by atoms with Crippen LogP contribution in [0.4, 0.5) is 0 Å². The van der Waals surface area contributed by atoms with Gasteiger partial charge in [-0.1, -0.05) is 75.3 Å². The molecule has 0 saturated heterocycles. The first-order valence-corrected chi connectivity index (χ1v) is 41.2. The number of aromatic hydroxyl groups is 3. The van der Waals surface area contributed by atoms with E-state index < -0.39 is 52.8 Å². The van der Waals surface area contributed by atoms with Gasteiger partial charge in [0.25, 0.3) is 16.7 Å². The van der Waals surface area contributed by atoms with Gasteiger partial charge in [0.2, 0.25) is 23.3 Å². The van der Waals surface area contributed by atoms with Gasteiger partial charge >= 0.3 is 23.9 Å². The summed E-state index contributed by atoms with van der Waals surface area (Å²) in [6, 6.07) is 18.2. The average molecular weight is 1620 g/mol. The van der Waals surface area contributed by atoms with Crippen molar-refractivity contribution in [3.8, 4) is 40.0 Å². The summed E-state index contributed by atoms with van der Waals surface area (Å²) in [6.45, 7) is 18.3. The lowest BCUT2D eigenvalue weighted by molar-refractivity contribution is -0.190. The maximum absolute atomic E-state index is 14.0. The number of phenolic OH excluding ortho intramolecular Hbond substituents is 3. The molecule has 2 aliphatic carbocycles. The van der Waals surface area contributed by atoms with Crippen molar-refractivity contribution >= 4 is 92.3 Å². The summed E-state index contributed by atoms with van der Waals surface area (Å²) >= 11 is 1.55. The number of esters is 4. The summed E-state index contributed by atoms with van der Waals surface area (Å²) in [5.74, 6) is -3.37. The zero-order valence-corrected chi connectivity index (χ0v) is 67.7. The molecule has 28 nitrogen and oxygen atoms in total. The molecule has 3 amide bonds. The zero-order valence-electron chi connectivity index (χ0n) is 66.8. The third-order valence-corrected chi connectivity index (χ3v) is 24.3. The van der Waals surface area contributed by atoms with Crippen molar-refractivity contribution in [2.24, 2.45) is 10.9 Å². The van der Waals surface area contributed by atoms with Crippen LogP contribution >= 0.6 is 11.8 Å². The minimum Gasteiger partial charge on any atom is -0.508 e. The Morgan fingerprint density at radius 2 is 1.07 bits per heavy atom. The average Bonchev–Trinajstić information content (AvgIpc) is 1.64. The van der Waals surface area contributed by atoms with E-state index in [0.717, 1.165) is 55.6 Å². The predicted octanol–water partition coefficient (Wildman–Crippen LogP) is 8.76. The molecule has 7 atom stereocenters. The van der Waals surface area contributed by atoms with Crippen molar-refractivity contribution in [1.29, 1.82) is 0 Å². The van der Waals surface area contributed by atoms with E-state index in [4.69, 9.17) is 33.9 Å². The van der Waals surface area contributed by atoms with Gasteiger partial charge in [0, 0.05) is 105 Å². The van der Waals surface area contributed by atoms with Gasteiger partial charge in [-0.25, -0.2) is 24.4 Å². The Morgan fingerprint density at radius 1 is 0.573 bits per heavy atom. The maximum atomic E-state index is 14.0. The first kappa shape index (κ1) is 84.8. The molecule has 0 bridgehead atoms. The summed E-state index contributed by atoms with van der Waals surface area (Å²) < 4.78 is 28.1. The van der Waals surface area contributed by atoms with E-state index in [2.05, 4.69) is 22.9 Å². The number of ether oxygens (including phenoxy) is 4. The summed E-state index contributed by atoms with van der Waals surface area (Å²) in [5.41, 5.74) is 5.81. The normalized spacial score (nSPS) is 19.6. The molecule has 5 aromatic heterocycles.